The van der Waals surface area contributed by atoms with Gasteiger partial charge in [0.2, 0.25) is 11.8 Å². The van der Waals surface area contributed by atoms with Crippen LogP contribution in [0.5, 0.6) is 0 Å². The molecule has 0 unspecified atom stereocenters. The molecule has 2 rings (SSSR count). The summed E-state index contributed by atoms with van der Waals surface area (Å²) in [7, 11) is 0. The molecule has 0 radical (unpaired) electrons. The maximum Gasteiger partial charge on any atom is 0.408 e. The van der Waals surface area contributed by atoms with Crippen LogP contribution in [0.15, 0.2) is 23.7 Å². The number of hydrogen-bond acceptors (Lipinski definition) is 12. The zero-order valence-electron chi connectivity index (χ0n) is 25.3. The summed E-state index contributed by atoms with van der Waals surface area (Å²) < 4.78 is 15.7. The maximum absolute atomic E-state index is 12.9. The van der Waals surface area contributed by atoms with Crippen LogP contribution < -0.4 is 21.0 Å². The van der Waals surface area contributed by atoms with E-state index >= 15 is 0 Å². The van der Waals surface area contributed by atoms with Crippen LogP contribution in [-0.4, -0.2) is 83.4 Å². The smallest absolute Gasteiger partial charge is 0.408 e. The van der Waals surface area contributed by atoms with Gasteiger partial charge in [0.15, 0.2) is 0 Å². The number of fused-ring (bicyclic) bond motifs is 1. The van der Waals surface area contributed by atoms with Crippen molar-refractivity contribution in [3.63, 3.8) is 0 Å². The highest BCUT2D eigenvalue weighted by atomic mass is 32.1. The van der Waals surface area contributed by atoms with E-state index in [-0.39, 0.29) is 44.6 Å². The van der Waals surface area contributed by atoms with E-state index in [2.05, 4.69) is 20.9 Å². The number of hydrogen-bond donors (Lipinski definition) is 4. The third kappa shape index (κ3) is 12.1. The fourth-order valence-corrected chi connectivity index (χ4v) is 4.45. The first-order chi connectivity index (χ1) is 20.7. The van der Waals surface area contributed by atoms with Gasteiger partial charge in [-0.05, 0) is 65.7 Å². The number of carbonyl (C=O) groups is 6. The van der Waals surface area contributed by atoms with Crippen molar-refractivity contribution in [3.05, 3.63) is 23.7 Å². The van der Waals surface area contributed by atoms with E-state index in [0.717, 1.165) is 4.70 Å². The molecule has 242 valence electrons. The Morgan fingerprint density at radius 2 is 1.66 bits per heavy atom. The first-order valence-corrected chi connectivity index (χ1v) is 14.9. The standard InChI is InChI=1S/C28H39N5O10S/c1-6-41-24(36)15-29-25(37)19(11-13-23(35)33(40)17-8-9-18-21(14-17)44-16-30-18)31-22(34)12-10-20(26(38)42-7-2)32-27(39)43-28(3,4)5/h8-9,14,16,19-20,40H,6-7,10-13,15H2,1-5H3,(H,29,37)(H,31,34)(H,32,39)/t19-,20-/m0/s1. The highest BCUT2D eigenvalue weighted by Gasteiger charge is 2.28. The molecule has 0 aliphatic heterocycles. The minimum absolute atomic E-state index is 0.0359. The van der Waals surface area contributed by atoms with Crippen molar-refractivity contribution in [2.24, 2.45) is 0 Å². The van der Waals surface area contributed by atoms with Gasteiger partial charge < -0.3 is 30.2 Å². The summed E-state index contributed by atoms with van der Waals surface area (Å²) in [6.07, 6.45) is -1.99. The number of nitrogens with one attached hydrogen (secondary N) is 3. The molecule has 4 amide bonds. The molecule has 2 atom stereocenters. The van der Waals surface area contributed by atoms with Crippen LogP contribution in [0.2, 0.25) is 0 Å². The third-order valence-electron chi connectivity index (χ3n) is 5.73. The van der Waals surface area contributed by atoms with Gasteiger partial charge in [-0.3, -0.25) is 24.4 Å². The van der Waals surface area contributed by atoms with E-state index in [1.54, 1.807) is 52.3 Å². The lowest BCUT2D eigenvalue weighted by Crippen LogP contribution is -2.49. The fraction of sp³-hybridized carbons (Fsp3) is 0.536. The molecule has 1 heterocycles. The van der Waals surface area contributed by atoms with Crippen LogP contribution in [0.4, 0.5) is 10.5 Å². The molecule has 2 aromatic rings. The SMILES string of the molecule is CCOC(=O)CNC(=O)[C@H](CCC(=O)N(O)c1ccc2ncsc2c1)NC(=O)CC[C@H](NC(=O)OC(C)(C)C)C(=O)OCC. The van der Waals surface area contributed by atoms with E-state index in [4.69, 9.17) is 14.2 Å². The molecule has 0 aliphatic rings. The van der Waals surface area contributed by atoms with Crippen molar-refractivity contribution in [1.29, 1.82) is 0 Å². The largest absolute Gasteiger partial charge is 0.465 e. The van der Waals surface area contributed by atoms with Crippen LogP contribution in [-0.2, 0) is 38.2 Å². The Morgan fingerprint density at radius 3 is 2.32 bits per heavy atom. The van der Waals surface area contributed by atoms with Crippen LogP contribution in [0.1, 0.15) is 60.3 Å². The summed E-state index contributed by atoms with van der Waals surface area (Å²) in [5, 5.41) is 18.1. The van der Waals surface area contributed by atoms with Crippen molar-refractivity contribution >= 4 is 63.0 Å². The highest BCUT2D eigenvalue weighted by Crippen LogP contribution is 2.24. The highest BCUT2D eigenvalue weighted by molar-refractivity contribution is 7.16. The number of rotatable bonds is 15. The summed E-state index contributed by atoms with van der Waals surface area (Å²) in [5.74, 6) is -3.70. The number of ether oxygens (including phenoxy) is 3. The molecule has 4 N–H and O–H groups in total. The van der Waals surface area contributed by atoms with Gasteiger partial charge in [0.25, 0.3) is 5.91 Å². The zero-order chi connectivity index (χ0) is 32.9. The van der Waals surface area contributed by atoms with Gasteiger partial charge in [0.1, 0.15) is 24.2 Å². The Labute approximate surface area is 258 Å². The molecule has 0 bridgehead atoms. The Hall–Kier alpha value is -4.31. The summed E-state index contributed by atoms with van der Waals surface area (Å²) >= 11 is 1.33. The molecule has 15 nitrogen and oxygen atoms in total. The van der Waals surface area contributed by atoms with Crippen LogP contribution >= 0.6 is 11.3 Å². The number of hydroxylamine groups is 1. The number of amides is 4. The molecule has 0 saturated carbocycles. The normalized spacial score (nSPS) is 12.4. The summed E-state index contributed by atoms with van der Waals surface area (Å²) in [6.45, 7) is 7.78. The van der Waals surface area contributed by atoms with Crippen molar-refractivity contribution < 1.29 is 48.2 Å². The van der Waals surface area contributed by atoms with Crippen molar-refractivity contribution in [2.45, 2.75) is 78.0 Å². The second-order valence-electron chi connectivity index (χ2n) is 10.4. The number of alkyl carbamates (subject to hydrolysis) is 1. The lowest BCUT2D eigenvalue weighted by molar-refractivity contribution is -0.146. The molecule has 44 heavy (non-hydrogen) atoms. The number of thiazole rings is 1. The lowest BCUT2D eigenvalue weighted by atomic mass is 10.1. The molecule has 0 spiro atoms. The second kappa shape index (κ2) is 17.1. The topological polar surface area (TPSA) is 203 Å². The van der Waals surface area contributed by atoms with E-state index < -0.39 is 60.0 Å². The summed E-state index contributed by atoms with van der Waals surface area (Å²) in [4.78, 5) is 79.1. The molecule has 0 aliphatic carbocycles. The molecule has 0 fully saturated rings. The number of anilines is 1. The van der Waals surface area contributed by atoms with E-state index in [1.165, 1.54) is 17.4 Å². The molecule has 1 aromatic carbocycles. The number of nitrogens with zero attached hydrogens (tertiary/aromatic N) is 2. The number of benzene rings is 1. The molecule has 16 heteroatoms. The number of aromatic nitrogens is 1. The Morgan fingerprint density at radius 1 is 0.977 bits per heavy atom. The quantitative estimate of drug-likeness (QED) is 0.0965. The minimum Gasteiger partial charge on any atom is -0.465 e. The predicted octanol–water partition coefficient (Wildman–Crippen LogP) is 2.20. The van der Waals surface area contributed by atoms with Crippen molar-refractivity contribution in [3.8, 4) is 0 Å². The summed E-state index contributed by atoms with van der Waals surface area (Å²) in [5.41, 5.74) is 1.69. The zero-order valence-corrected chi connectivity index (χ0v) is 26.2. The number of esters is 2. The first kappa shape index (κ1) is 35.9. The first-order valence-electron chi connectivity index (χ1n) is 14.0. The fourth-order valence-electron chi connectivity index (χ4n) is 3.74. The van der Waals surface area contributed by atoms with Gasteiger partial charge in [-0.1, -0.05) is 0 Å². The van der Waals surface area contributed by atoms with Crippen molar-refractivity contribution in [1.82, 2.24) is 20.9 Å². The van der Waals surface area contributed by atoms with Gasteiger partial charge in [0.05, 0.1) is 34.6 Å². The van der Waals surface area contributed by atoms with Crippen molar-refractivity contribution in [2.75, 3.05) is 24.8 Å². The van der Waals surface area contributed by atoms with Gasteiger partial charge in [0, 0.05) is 12.8 Å². The van der Waals surface area contributed by atoms with Crippen LogP contribution in [0.3, 0.4) is 0 Å². The van der Waals surface area contributed by atoms with E-state index in [9.17, 15) is 34.0 Å². The Bertz CT molecular complexity index is 1330. The molecule has 0 saturated heterocycles. The Balaban J connectivity index is 2.08. The van der Waals surface area contributed by atoms with Gasteiger partial charge in [-0.15, -0.1) is 11.3 Å². The lowest BCUT2D eigenvalue weighted by Gasteiger charge is -2.23. The van der Waals surface area contributed by atoms with Gasteiger partial charge >= 0.3 is 18.0 Å². The third-order valence-corrected chi connectivity index (χ3v) is 6.52. The van der Waals surface area contributed by atoms with Gasteiger partial charge in [-0.2, -0.15) is 5.06 Å². The second-order valence-corrected chi connectivity index (χ2v) is 11.3. The van der Waals surface area contributed by atoms with E-state index in [0.29, 0.717) is 10.6 Å². The van der Waals surface area contributed by atoms with Gasteiger partial charge in [-0.25, -0.2) is 14.6 Å². The molecule has 1 aromatic heterocycles. The van der Waals surface area contributed by atoms with E-state index in [1.807, 2.05) is 0 Å². The minimum atomic E-state index is -1.29. The van der Waals surface area contributed by atoms with Crippen LogP contribution in [0, 0.1) is 0 Å². The van der Waals surface area contributed by atoms with Crippen LogP contribution in [0.25, 0.3) is 10.2 Å². The summed E-state index contributed by atoms with van der Waals surface area (Å²) in [6, 6.07) is 2.23. The average Bonchev–Trinajstić information content (AvgIpc) is 3.43. The monoisotopic (exact) mass is 637 g/mol. The number of carbonyl (C=O) groups excluding carboxylic acids is 6. The maximum atomic E-state index is 12.9. The molecular formula is C28H39N5O10S. The average molecular weight is 638 g/mol. The molecular weight excluding hydrogens is 598 g/mol. The predicted molar refractivity (Wildman–Crippen MR) is 159 cm³/mol. The Kier molecular flexibility index (Phi) is 13.9.